The van der Waals surface area contributed by atoms with E-state index in [1.54, 1.807) is 24.0 Å². The molecule has 0 spiro atoms. The molecule has 2 aromatic carbocycles. The second-order valence-electron chi connectivity index (χ2n) is 6.28. The summed E-state index contributed by atoms with van der Waals surface area (Å²) in [6, 6.07) is 17.5. The number of hydrogen-bond acceptors (Lipinski definition) is 3. The van der Waals surface area contributed by atoms with Crippen molar-refractivity contribution in [3.8, 4) is 5.75 Å². The lowest BCUT2D eigenvalue weighted by atomic mass is 10.1. The van der Waals surface area contributed by atoms with Crippen LogP contribution in [0.2, 0.25) is 0 Å². The Labute approximate surface area is 155 Å². The molecule has 0 N–H and O–H groups in total. The van der Waals surface area contributed by atoms with Crippen molar-refractivity contribution < 1.29 is 14.3 Å². The van der Waals surface area contributed by atoms with Crippen molar-refractivity contribution in [2.75, 3.05) is 27.2 Å². The molecule has 0 fully saturated rings. The zero-order valence-corrected chi connectivity index (χ0v) is 15.6. The van der Waals surface area contributed by atoms with Gasteiger partial charge in [-0.15, -0.1) is 0 Å². The Morgan fingerprint density at radius 1 is 1.00 bits per heavy atom. The average Bonchev–Trinajstić information content (AvgIpc) is 2.65. The number of carbonyl (C=O) groups excluding carboxylic acids is 2. The van der Waals surface area contributed by atoms with E-state index >= 15 is 0 Å². The number of nitrogens with zero attached hydrogens (tertiary/aromatic N) is 2. The van der Waals surface area contributed by atoms with Crippen LogP contribution in [0.1, 0.15) is 18.1 Å². The van der Waals surface area contributed by atoms with Gasteiger partial charge in [0.2, 0.25) is 11.8 Å². The van der Waals surface area contributed by atoms with Crippen LogP contribution in [0.5, 0.6) is 5.75 Å². The summed E-state index contributed by atoms with van der Waals surface area (Å²) in [5.41, 5.74) is 2.13. The Hall–Kier alpha value is -2.82. The van der Waals surface area contributed by atoms with Gasteiger partial charge in [-0.3, -0.25) is 9.59 Å². The van der Waals surface area contributed by atoms with E-state index in [4.69, 9.17) is 4.74 Å². The smallest absolute Gasteiger partial charge is 0.242 e. The van der Waals surface area contributed by atoms with Crippen LogP contribution in [0.4, 0.5) is 0 Å². The molecule has 5 nitrogen and oxygen atoms in total. The molecule has 0 saturated heterocycles. The maximum absolute atomic E-state index is 12.5. The van der Waals surface area contributed by atoms with Gasteiger partial charge < -0.3 is 14.5 Å². The fraction of sp³-hybridized carbons (Fsp3) is 0.333. The fourth-order valence-corrected chi connectivity index (χ4v) is 2.67. The number of amides is 2. The standard InChI is InChI=1S/C21H26N2O3/c1-17(24)23(13-12-18-10-7-11-20(14-18)26-3)16-21(25)22(2)15-19-8-5-4-6-9-19/h4-11,14H,12-13,15-16H2,1-3H3. The maximum Gasteiger partial charge on any atom is 0.242 e. The van der Waals surface area contributed by atoms with Crippen LogP contribution >= 0.6 is 0 Å². The van der Waals surface area contributed by atoms with Crippen LogP contribution < -0.4 is 4.74 Å². The molecule has 0 bridgehead atoms. The quantitative estimate of drug-likeness (QED) is 0.732. The van der Waals surface area contributed by atoms with Crippen LogP contribution in [0.15, 0.2) is 54.6 Å². The predicted molar refractivity (Wildman–Crippen MR) is 102 cm³/mol. The molecule has 0 atom stereocenters. The highest BCUT2D eigenvalue weighted by atomic mass is 16.5. The second kappa shape index (κ2) is 9.61. The van der Waals surface area contributed by atoms with Gasteiger partial charge in [-0.1, -0.05) is 42.5 Å². The summed E-state index contributed by atoms with van der Waals surface area (Å²) in [5.74, 6) is 0.611. The number of benzene rings is 2. The van der Waals surface area contributed by atoms with E-state index in [1.165, 1.54) is 6.92 Å². The van der Waals surface area contributed by atoms with Crippen molar-refractivity contribution in [2.24, 2.45) is 0 Å². The highest BCUT2D eigenvalue weighted by Gasteiger charge is 2.17. The summed E-state index contributed by atoms with van der Waals surface area (Å²) >= 11 is 0. The molecule has 2 aromatic rings. The first-order valence-corrected chi connectivity index (χ1v) is 8.66. The van der Waals surface area contributed by atoms with Crippen molar-refractivity contribution in [2.45, 2.75) is 19.9 Å². The van der Waals surface area contributed by atoms with Crippen LogP contribution in [0, 0.1) is 0 Å². The summed E-state index contributed by atoms with van der Waals surface area (Å²) in [4.78, 5) is 27.7. The number of ether oxygens (including phenoxy) is 1. The van der Waals surface area contributed by atoms with E-state index < -0.39 is 0 Å². The Morgan fingerprint density at radius 2 is 1.69 bits per heavy atom. The molecule has 0 aliphatic heterocycles. The molecule has 2 rings (SSSR count). The molecule has 2 amide bonds. The highest BCUT2D eigenvalue weighted by molar-refractivity contribution is 5.83. The first kappa shape index (κ1) is 19.5. The van der Waals surface area contributed by atoms with Crippen molar-refractivity contribution in [1.82, 2.24) is 9.80 Å². The number of carbonyl (C=O) groups is 2. The summed E-state index contributed by atoms with van der Waals surface area (Å²) in [5, 5.41) is 0. The molecule has 0 aliphatic rings. The summed E-state index contributed by atoms with van der Waals surface area (Å²) in [7, 11) is 3.39. The molecule has 0 aromatic heterocycles. The van der Waals surface area contributed by atoms with Gasteiger partial charge >= 0.3 is 0 Å². The average molecular weight is 354 g/mol. The fourth-order valence-electron chi connectivity index (χ4n) is 2.67. The first-order chi connectivity index (χ1) is 12.5. The Morgan fingerprint density at radius 3 is 2.35 bits per heavy atom. The topological polar surface area (TPSA) is 49.9 Å². The van der Waals surface area contributed by atoms with Crippen LogP contribution in [0.25, 0.3) is 0 Å². The lowest BCUT2D eigenvalue weighted by molar-refractivity contribution is -0.138. The maximum atomic E-state index is 12.5. The van der Waals surface area contributed by atoms with Crippen molar-refractivity contribution in [1.29, 1.82) is 0 Å². The monoisotopic (exact) mass is 354 g/mol. The van der Waals surface area contributed by atoms with E-state index in [1.807, 2.05) is 54.6 Å². The van der Waals surface area contributed by atoms with Gasteiger partial charge in [0, 0.05) is 27.1 Å². The van der Waals surface area contributed by atoms with E-state index in [-0.39, 0.29) is 18.4 Å². The molecule has 0 radical (unpaired) electrons. The molecule has 138 valence electrons. The normalized spacial score (nSPS) is 10.3. The molecule has 0 saturated carbocycles. The largest absolute Gasteiger partial charge is 0.497 e. The predicted octanol–water partition coefficient (Wildman–Crippen LogP) is 2.74. The molecule has 0 aliphatic carbocycles. The van der Waals surface area contributed by atoms with Crippen molar-refractivity contribution >= 4 is 11.8 Å². The summed E-state index contributed by atoms with van der Waals surface area (Å²) in [6.07, 6.45) is 0.673. The number of likely N-dealkylation sites (N-methyl/N-ethyl adjacent to an activating group) is 1. The summed E-state index contributed by atoms with van der Waals surface area (Å²) < 4.78 is 5.22. The van der Waals surface area contributed by atoms with Crippen molar-refractivity contribution in [3.05, 3.63) is 65.7 Å². The molecule has 5 heteroatoms. The van der Waals surface area contributed by atoms with Crippen LogP contribution in [-0.4, -0.2) is 48.9 Å². The lowest BCUT2D eigenvalue weighted by Crippen LogP contribution is -2.41. The van der Waals surface area contributed by atoms with E-state index in [2.05, 4.69) is 0 Å². The third kappa shape index (κ3) is 5.92. The SMILES string of the molecule is COc1cccc(CCN(CC(=O)N(C)Cc2ccccc2)C(C)=O)c1. The van der Waals surface area contributed by atoms with Gasteiger partial charge in [0.15, 0.2) is 0 Å². The van der Waals surface area contributed by atoms with Crippen LogP contribution in [-0.2, 0) is 22.6 Å². The molecular weight excluding hydrogens is 328 g/mol. The molecule has 0 unspecified atom stereocenters. The third-order valence-corrected chi connectivity index (χ3v) is 4.26. The van der Waals surface area contributed by atoms with Crippen molar-refractivity contribution in [3.63, 3.8) is 0 Å². The van der Waals surface area contributed by atoms with Gasteiger partial charge in [-0.25, -0.2) is 0 Å². The minimum atomic E-state index is -0.102. The molecular formula is C21H26N2O3. The van der Waals surface area contributed by atoms with E-state index in [0.29, 0.717) is 19.5 Å². The van der Waals surface area contributed by atoms with Gasteiger partial charge in [0.05, 0.1) is 13.7 Å². The number of methoxy groups -OCH3 is 1. The third-order valence-electron chi connectivity index (χ3n) is 4.26. The number of rotatable bonds is 8. The molecule has 26 heavy (non-hydrogen) atoms. The van der Waals surface area contributed by atoms with Gasteiger partial charge in [0.1, 0.15) is 5.75 Å². The second-order valence-corrected chi connectivity index (χ2v) is 6.28. The Kier molecular flexibility index (Phi) is 7.21. The van der Waals surface area contributed by atoms with Gasteiger partial charge in [0.25, 0.3) is 0 Å². The van der Waals surface area contributed by atoms with E-state index in [0.717, 1.165) is 16.9 Å². The molecule has 0 heterocycles. The highest BCUT2D eigenvalue weighted by Crippen LogP contribution is 2.13. The lowest BCUT2D eigenvalue weighted by Gasteiger charge is -2.24. The minimum Gasteiger partial charge on any atom is -0.497 e. The minimum absolute atomic E-state index is 0.0744. The summed E-state index contributed by atoms with van der Waals surface area (Å²) in [6.45, 7) is 2.60. The first-order valence-electron chi connectivity index (χ1n) is 8.66. The van der Waals surface area contributed by atoms with Gasteiger partial charge in [-0.2, -0.15) is 0 Å². The zero-order chi connectivity index (χ0) is 18.9. The zero-order valence-electron chi connectivity index (χ0n) is 15.6. The van der Waals surface area contributed by atoms with Crippen LogP contribution in [0.3, 0.4) is 0 Å². The Bertz CT molecular complexity index is 731. The number of hydrogen-bond donors (Lipinski definition) is 0. The van der Waals surface area contributed by atoms with E-state index in [9.17, 15) is 9.59 Å². The van der Waals surface area contributed by atoms with Gasteiger partial charge in [-0.05, 0) is 29.7 Å². The Balaban J connectivity index is 1.92.